The van der Waals surface area contributed by atoms with Crippen LogP contribution in [-0.4, -0.2) is 86.8 Å². The van der Waals surface area contributed by atoms with Crippen molar-refractivity contribution in [1.82, 2.24) is 14.9 Å². The lowest BCUT2D eigenvalue weighted by molar-refractivity contribution is -0.137. The van der Waals surface area contributed by atoms with Crippen molar-refractivity contribution in [2.75, 3.05) is 68.7 Å². The lowest BCUT2D eigenvalue weighted by Crippen LogP contribution is -2.47. The van der Waals surface area contributed by atoms with Crippen molar-refractivity contribution in [3.8, 4) is 0 Å². The molecule has 1 unspecified atom stereocenters. The van der Waals surface area contributed by atoms with E-state index in [2.05, 4.69) is 24.7 Å². The van der Waals surface area contributed by atoms with Crippen molar-refractivity contribution >= 4 is 40.8 Å². The Bertz CT molecular complexity index is 2050. The number of aliphatic imine (C=N–C) groups is 1. The maximum atomic E-state index is 14.7. The van der Waals surface area contributed by atoms with Crippen LogP contribution >= 0.6 is 0 Å². The number of amides is 2. The molecule has 7 rings (SSSR count). The predicted molar refractivity (Wildman–Crippen MR) is 175 cm³/mol. The molecule has 4 aliphatic rings. The molecule has 15 heteroatoms. The molecule has 2 amide bonds. The third kappa shape index (κ3) is 5.74. The minimum atomic E-state index is -4.69. The van der Waals surface area contributed by atoms with Crippen molar-refractivity contribution < 1.29 is 32.2 Å². The molecule has 0 N–H and O–H groups in total. The summed E-state index contributed by atoms with van der Waals surface area (Å²) in [5, 5.41) is 1.49. The van der Waals surface area contributed by atoms with E-state index in [9.17, 15) is 22.8 Å². The van der Waals surface area contributed by atoms with Crippen LogP contribution in [0.3, 0.4) is 0 Å². The number of urea groups is 1. The van der Waals surface area contributed by atoms with E-state index in [1.54, 1.807) is 37.4 Å². The predicted octanol–water partition coefficient (Wildman–Crippen LogP) is 3.46. The number of carbonyl (C=O) groups excluding carboxylic acids is 2. The van der Waals surface area contributed by atoms with E-state index in [-0.39, 0.29) is 30.0 Å². The van der Waals surface area contributed by atoms with Crippen molar-refractivity contribution in [3.63, 3.8) is 0 Å². The Hall–Kier alpha value is -5.73. The van der Waals surface area contributed by atoms with Gasteiger partial charge in [0.1, 0.15) is 6.04 Å². The number of hydrogen-bond donors (Lipinski definition) is 0. The fraction of sp³-hybridized carbons (Fsp3) is 0.294. The molecule has 0 bridgehead atoms. The second kappa shape index (κ2) is 12.4. The number of benzene rings is 2. The molecular formula is C34H31F3N8O4. The van der Waals surface area contributed by atoms with E-state index in [4.69, 9.17) is 4.74 Å². The minimum Gasteiger partial charge on any atom is -0.481 e. The molecule has 1 atom stereocenters. The number of anilines is 3. The Labute approximate surface area is 278 Å². The zero-order valence-corrected chi connectivity index (χ0v) is 26.8. The van der Waals surface area contributed by atoms with Gasteiger partial charge in [0.2, 0.25) is 11.8 Å². The van der Waals surface area contributed by atoms with Gasteiger partial charge in [0.05, 0.1) is 42.9 Å². The highest BCUT2D eigenvalue weighted by atomic mass is 19.4. The zero-order chi connectivity index (χ0) is 34.4. The third-order valence-corrected chi connectivity index (χ3v) is 9.02. The second-order valence-electron chi connectivity index (χ2n) is 11.7. The van der Waals surface area contributed by atoms with E-state index in [1.165, 1.54) is 35.4 Å². The number of esters is 1. The molecule has 3 aromatic rings. The van der Waals surface area contributed by atoms with Gasteiger partial charge in [-0.25, -0.2) is 24.5 Å². The maximum absolute atomic E-state index is 14.7. The third-order valence-electron chi connectivity index (χ3n) is 9.02. The number of halogens is 3. The first kappa shape index (κ1) is 31.8. The SMILES string of the molecule is COC(=O)c1cnc(N2CCN(c3ccc(N4C(=O)N(C)C5=CN=c6ccc(=C7C=CC(OC)=NC7)cc6C54)cc3C(F)(F)F)CC2)nc1. The number of rotatable bonds is 4. The molecule has 49 heavy (non-hydrogen) atoms. The lowest BCUT2D eigenvalue weighted by Gasteiger charge is -2.37. The van der Waals surface area contributed by atoms with Crippen molar-refractivity contribution in [2.24, 2.45) is 9.98 Å². The highest BCUT2D eigenvalue weighted by Crippen LogP contribution is 2.45. The van der Waals surface area contributed by atoms with Gasteiger partial charge in [-0.2, -0.15) is 13.2 Å². The van der Waals surface area contributed by atoms with Crippen LogP contribution < -0.4 is 25.3 Å². The zero-order valence-electron chi connectivity index (χ0n) is 26.8. The smallest absolute Gasteiger partial charge is 0.418 e. The number of alkyl halides is 3. The molecule has 2 saturated heterocycles. The molecule has 5 heterocycles. The molecule has 12 nitrogen and oxygen atoms in total. The molecule has 0 saturated carbocycles. The summed E-state index contributed by atoms with van der Waals surface area (Å²) in [6.45, 7) is 1.65. The Balaban J connectivity index is 1.19. The number of carbonyl (C=O) groups is 2. The quantitative estimate of drug-likeness (QED) is 0.388. The van der Waals surface area contributed by atoms with Gasteiger partial charge in [-0.1, -0.05) is 12.1 Å². The molecule has 1 aromatic heterocycles. The minimum absolute atomic E-state index is 0.0198. The molecule has 0 aliphatic carbocycles. The Morgan fingerprint density at radius 1 is 0.959 bits per heavy atom. The highest BCUT2D eigenvalue weighted by Gasteiger charge is 2.45. The van der Waals surface area contributed by atoms with Crippen LogP contribution in [0.25, 0.3) is 5.57 Å². The van der Waals surface area contributed by atoms with E-state index in [0.717, 1.165) is 16.9 Å². The van der Waals surface area contributed by atoms with E-state index >= 15 is 0 Å². The van der Waals surface area contributed by atoms with Crippen LogP contribution in [0.5, 0.6) is 0 Å². The van der Waals surface area contributed by atoms with Crippen LogP contribution in [-0.2, 0) is 15.7 Å². The summed E-state index contributed by atoms with van der Waals surface area (Å²) in [6, 6.07) is 8.59. The molecular weight excluding hydrogens is 641 g/mol. The number of aromatic nitrogens is 2. The van der Waals surface area contributed by atoms with Gasteiger partial charge < -0.3 is 19.3 Å². The molecule has 252 valence electrons. The first-order valence-corrected chi connectivity index (χ1v) is 15.4. The van der Waals surface area contributed by atoms with Crippen LogP contribution in [0.15, 0.2) is 82.8 Å². The molecule has 0 radical (unpaired) electrons. The number of ether oxygens (including phenoxy) is 2. The van der Waals surface area contributed by atoms with Gasteiger partial charge in [0.15, 0.2) is 0 Å². The van der Waals surface area contributed by atoms with Crippen molar-refractivity contribution in [3.05, 3.63) is 100 Å². The number of dihydropyridines is 1. The Morgan fingerprint density at radius 3 is 2.35 bits per heavy atom. The highest BCUT2D eigenvalue weighted by molar-refractivity contribution is 5.98. The summed E-state index contributed by atoms with van der Waals surface area (Å²) in [5.41, 5.74) is 1.70. The van der Waals surface area contributed by atoms with Crippen LogP contribution in [0.2, 0.25) is 0 Å². The van der Waals surface area contributed by atoms with Gasteiger partial charge >= 0.3 is 18.2 Å². The Kier molecular flexibility index (Phi) is 8.04. The summed E-state index contributed by atoms with van der Waals surface area (Å²) in [5.74, 6) is 0.323. The Morgan fingerprint density at radius 2 is 1.69 bits per heavy atom. The molecule has 2 fully saturated rings. The number of methoxy groups -OCH3 is 2. The number of hydrogen-bond acceptors (Lipinski definition) is 10. The maximum Gasteiger partial charge on any atom is 0.418 e. The fourth-order valence-electron chi connectivity index (χ4n) is 6.43. The molecule has 2 aromatic carbocycles. The monoisotopic (exact) mass is 672 g/mol. The largest absolute Gasteiger partial charge is 0.481 e. The average molecular weight is 673 g/mol. The standard InChI is InChI=1S/C34H31F3N8O4/c1-42-28-19-38-26-7-4-20(21-5-9-29(48-2)39-16-21)14-24(26)30(28)45(33(42)47)23-6-8-27(25(15-23)34(35,36)37)43-10-12-44(13-11-43)32-40-17-22(18-41-32)31(46)49-3/h4-9,14-15,17-19,30H,10-13,16H2,1-3H3. The van der Waals surface area contributed by atoms with Crippen molar-refractivity contribution in [2.45, 2.75) is 12.2 Å². The van der Waals surface area contributed by atoms with Gasteiger partial charge in [-0.05, 0) is 41.1 Å². The molecule has 0 spiro atoms. The normalized spacial score (nSPS) is 20.0. The van der Waals surface area contributed by atoms with Gasteiger partial charge in [-0.3, -0.25) is 14.8 Å². The van der Waals surface area contributed by atoms with E-state index in [1.807, 2.05) is 29.2 Å². The second-order valence-corrected chi connectivity index (χ2v) is 11.7. The number of likely N-dealkylation sites (N-methyl/N-ethyl adjacent to an activating group) is 1. The van der Waals surface area contributed by atoms with Gasteiger partial charge in [0, 0.05) is 74.8 Å². The number of piperazine rings is 1. The van der Waals surface area contributed by atoms with Crippen LogP contribution in [0.4, 0.5) is 35.3 Å². The van der Waals surface area contributed by atoms with Crippen LogP contribution in [0.1, 0.15) is 27.5 Å². The summed E-state index contributed by atoms with van der Waals surface area (Å²) < 4.78 is 54.1. The van der Waals surface area contributed by atoms with E-state index in [0.29, 0.717) is 48.1 Å². The first-order chi connectivity index (χ1) is 23.6. The summed E-state index contributed by atoms with van der Waals surface area (Å²) >= 11 is 0. The van der Waals surface area contributed by atoms with Crippen molar-refractivity contribution in [1.29, 1.82) is 0 Å². The van der Waals surface area contributed by atoms with Gasteiger partial charge in [0.25, 0.3) is 0 Å². The summed E-state index contributed by atoms with van der Waals surface area (Å²) in [4.78, 5) is 49.2. The summed E-state index contributed by atoms with van der Waals surface area (Å²) in [7, 11) is 4.40. The first-order valence-electron chi connectivity index (χ1n) is 15.4. The number of fused-ring (bicyclic) bond motifs is 3. The van der Waals surface area contributed by atoms with E-state index < -0.39 is 29.8 Å². The topological polar surface area (TPSA) is 116 Å². The number of nitrogens with zero attached hydrogens (tertiary/aromatic N) is 8. The van der Waals surface area contributed by atoms with Crippen LogP contribution in [0, 0.1) is 0 Å². The fourth-order valence-corrected chi connectivity index (χ4v) is 6.43. The average Bonchev–Trinajstić information content (AvgIpc) is 3.39. The van der Waals surface area contributed by atoms with Gasteiger partial charge in [-0.15, -0.1) is 0 Å². The lowest BCUT2D eigenvalue weighted by atomic mass is 9.97. The molecule has 4 aliphatic heterocycles. The summed E-state index contributed by atoms with van der Waals surface area (Å²) in [6.07, 6.45) is 3.30.